The summed E-state index contributed by atoms with van der Waals surface area (Å²) in [4.78, 5) is 13.0. The Morgan fingerprint density at radius 2 is 1.18 bits per heavy atom. The van der Waals surface area contributed by atoms with Gasteiger partial charge >= 0.3 is 0 Å². The van der Waals surface area contributed by atoms with E-state index in [0.717, 1.165) is 16.7 Å². The van der Waals surface area contributed by atoms with Gasteiger partial charge in [-0.3, -0.25) is 4.79 Å². The minimum Gasteiger partial charge on any atom is -0.374 e. The van der Waals surface area contributed by atoms with Crippen LogP contribution in [0.3, 0.4) is 0 Å². The van der Waals surface area contributed by atoms with E-state index in [1.807, 2.05) is 109 Å². The van der Waals surface area contributed by atoms with Gasteiger partial charge in [-0.25, -0.2) is 0 Å². The van der Waals surface area contributed by atoms with Crippen LogP contribution in [0.2, 0.25) is 0 Å². The van der Waals surface area contributed by atoms with Gasteiger partial charge in [-0.05, 0) is 28.8 Å². The lowest BCUT2D eigenvalue weighted by Gasteiger charge is -2.41. The molecule has 206 valence electrons. The SMILES string of the molecule is O=C(N[C@H]1C[C@@H](OCc2ccccc2)[C@@H](OCc2ccccc2)[C@@H](COCc2ccccc2)O1)c1ccccc1. The van der Waals surface area contributed by atoms with Crippen LogP contribution in [0, 0.1) is 0 Å². The zero-order valence-corrected chi connectivity index (χ0v) is 22.4. The first kappa shape index (κ1) is 27.7. The van der Waals surface area contributed by atoms with E-state index in [1.54, 1.807) is 12.1 Å². The largest absolute Gasteiger partial charge is 0.374 e. The summed E-state index contributed by atoms with van der Waals surface area (Å²) in [6, 6.07) is 39.3. The third kappa shape index (κ3) is 8.10. The molecule has 0 saturated carbocycles. The number of hydrogen-bond acceptors (Lipinski definition) is 5. The minimum absolute atomic E-state index is 0.194. The average Bonchev–Trinajstić information content (AvgIpc) is 3.01. The van der Waals surface area contributed by atoms with Crippen LogP contribution in [0.5, 0.6) is 0 Å². The van der Waals surface area contributed by atoms with Crippen molar-refractivity contribution >= 4 is 5.91 Å². The summed E-state index contributed by atoms with van der Waals surface area (Å²) in [7, 11) is 0. The van der Waals surface area contributed by atoms with Crippen molar-refractivity contribution in [3.05, 3.63) is 144 Å². The normalized spacial score (nSPS) is 20.6. The van der Waals surface area contributed by atoms with E-state index >= 15 is 0 Å². The van der Waals surface area contributed by atoms with Gasteiger partial charge in [0.1, 0.15) is 18.4 Å². The van der Waals surface area contributed by atoms with Crippen molar-refractivity contribution in [2.45, 2.75) is 50.8 Å². The Hall–Kier alpha value is -3.81. The quantitative estimate of drug-likeness (QED) is 0.243. The van der Waals surface area contributed by atoms with Crippen LogP contribution in [0.4, 0.5) is 0 Å². The predicted molar refractivity (Wildman–Crippen MR) is 153 cm³/mol. The molecule has 0 spiro atoms. The van der Waals surface area contributed by atoms with Crippen molar-refractivity contribution in [2.75, 3.05) is 6.61 Å². The van der Waals surface area contributed by atoms with E-state index in [2.05, 4.69) is 5.32 Å². The maximum atomic E-state index is 13.0. The van der Waals surface area contributed by atoms with Crippen molar-refractivity contribution in [2.24, 2.45) is 0 Å². The van der Waals surface area contributed by atoms with Crippen molar-refractivity contribution in [1.29, 1.82) is 0 Å². The standard InChI is InChI=1S/C34H35NO5/c36-34(29-19-11-4-12-20-29)35-32-21-30(38-23-27-15-7-2-8-16-27)33(39-24-28-17-9-3-10-18-28)31(40-32)25-37-22-26-13-5-1-6-14-26/h1-20,30-33H,21-25H2,(H,35,36)/t30-,31-,32-,33-/m1/s1. The Morgan fingerprint density at radius 1 is 0.675 bits per heavy atom. The highest BCUT2D eigenvalue weighted by molar-refractivity contribution is 5.94. The number of carbonyl (C=O) groups excluding carboxylic acids is 1. The monoisotopic (exact) mass is 537 g/mol. The first-order valence-electron chi connectivity index (χ1n) is 13.7. The third-order valence-corrected chi connectivity index (χ3v) is 6.83. The second-order valence-electron chi connectivity index (χ2n) is 9.84. The Bertz CT molecular complexity index is 1290. The highest BCUT2D eigenvalue weighted by atomic mass is 16.6. The molecule has 0 radical (unpaired) electrons. The molecule has 1 heterocycles. The molecule has 6 nitrogen and oxygen atoms in total. The zero-order chi connectivity index (χ0) is 27.4. The first-order valence-corrected chi connectivity index (χ1v) is 13.7. The average molecular weight is 538 g/mol. The molecule has 5 rings (SSSR count). The lowest BCUT2D eigenvalue weighted by molar-refractivity contribution is -0.223. The van der Waals surface area contributed by atoms with Crippen LogP contribution >= 0.6 is 0 Å². The zero-order valence-electron chi connectivity index (χ0n) is 22.4. The van der Waals surface area contributed by atoms with E-state index in [0.29, 0.717) is 31.8 Å². The lowest BCUT2D eigenvalue weighted by Crippen LogP contribution is -2.56. The molecule has 0 aromatic heterocycles. The van der Waals surface area contributed by atoms with Crippen LogP contribution in [0.1, 0.15) is 33.5 Å². The van der Waals surface area contributed by atoms with E-state index in [9.17, 15) is 4.79 Å². The number of benzene rings is 4. The van der Waals surface area contributed by atoms with Gasteiger partial charge in [-0.2, -0.15) is 0 Å². The Balaban J connectivity index is 1.33. The number of carbonyl (C=O) groups is 1. The molecular weight excluding hydrogens is 502 g/mol. The van der Waals surface area contributed by atoms with Gasteiger partial charge in [0.25, 0.3) is 5.91 Å². The van der Waals surface area contributed by atoms with E-state index in [-0.39, 0.29) is 18.6 Å². The summed E-state index contributed by atoms with van der Waals surface area (Å²) in [5.74, 6) is -0.194. The fourth-order valence-electron chi connectivity index (χ4n) is 4.76. The number of rotatable bonds is 12. The van der Waals surface area contributed by atoms with E-state index in [1.165, 1.54) is 0 Å². The maximum absolute atomic E-state index is 13.0. The molecule has 40 heavy (non-hydrogen) atoms. The van der Waals surface area contributed by atoms with Crippen molar-refractivity contribution in [1.82, 2.24) is 5.32 Å². The van der Waals surface area contributed by atoms with E-state index in [4.69, 9.17) is 18.9 Å². The molecule has 6 heteroatoms. The summed E-state index contributed by atoms with van der Waals surface area (Å²) < 4.78 is 25.5. The Labute approximate surface area is 235 Å². The van der Waals surface area contributed by atoms with Gasteiger partial charge in [0, 0.05) is 12.0 Å². The molecule has 1 amide bonds. The molecular formula is C34H35NO5. The molecule has 4 aromatic carbocycles. The van der Waals surface area contributed by atoms with Crippen LogP contribution in [0.15, 0.2) is 121 Å². The minimum atomic E-state index is -0.560. The predicted octanol–water partition coefficient (Wildman–Crippen LogP) is 5.92. The van der Waals surface area contributed by atoms with Gasteiger partial charge in [0.15, 0.2) is 0 Å². The van der Waals surface area contributed by atoms with Crippen LogP contribution in [-0.2, 0) is 38.8 Å². The fraction of sp³-hybridized carbons (Fsp3) is 0.265. The summed E-state index contributed by atoms with van der Waals surface area (Å²) in [6.07, 6.45) is -1.30. The van der Waals surface area contributed by atoms with Crippen LogP contribution < -0.4 is 5.32 Å². The first-order chi connectivity index (χ1) is 19.7. The third-order valence-electron chi connectivity index (χ3n) is 6.83. The highest BCUT2D eigenvalue weighted by Gasteiger charge is 2.41. The number of ether oxygens (including phenoxy) is 4. The molecule has 1 aliphatic heterocycles. The molecule has 0 bridgehead atoms. The van der Waals surface area contributed by atoms with E-state index < -0.39 is 18.4 Å². The molecule has 4 aromatic rings. The topological polar surface area (TPSA) is 66.0 Å². The Kier molecular flexibility index (Phi) is 10.1. The maximum Gasteiger partial charge on any atom is 0.253 e. The van der Waals surface area contributed by atoms with Gasteiger partial charge in [0.05, 0.1) is 32.5 Å². The van der Waals surface area contributed by atoms with Gasteiger partial charge < -0.3 is 24.3 Å². The van der Waals surface area contributed by atoms with Crippen molar-refractivity contribution in [3.63, 3.8) is 0 Å². The highest BCUT2D eigenvalue weighted by Crippen LogP contribution is 2.27. The summed E-state index contributed by atoms with van der Waals surface area (Å²) in [6.45, 7) is 1.57. The lowest BCUT2D eigenvalue weighted by atomic mass is 9.99. The second kappa shape index (κ2) is 14.5. The van der Waals surface area contributed by atoms with Crippen molar-refractivity contribution in [3.8, 4) is 0 Å². The number of nitrogens with one attached hydrogen (secondary N) is 1. The number of hydrogen-bond donors (Lipinski definition) is 1. The smallest absolute Gasteiger partial charge is 0.253 e. The van der Waals surface area contributed by atoms with Gasteiger partial charge in [-0.1, -0.05) is 109 Å². The Morgan fingerprint density at radius 3 is 1.75 bits per heavy atom. The van der Waals surface area contributed by atoms with Gasteiger partial charge in [-0.15, -0.1) is 0 Å². The molecule has 1 N–H and O–H groups in total. The molecule has 4 atom stereocenters. The summed E-state index contributed by atoms with van der Waals surface area (Å²) in [5.41, 5.74) is 3.78. The van der Waals surface area contributed by atoms with Crippen molar-refractivity contribution < 1.29 is 23.7 Å². The van der Waals surface area contributed by atoms with Crippen LogP contribution in [0.25, 0.3) is 0 Å². The number of amides is 1. The molecule has 0 unspecified atom stereocenters. The molecule has 0 aliphatic carbocycles. The second-order valence-corrected chi connectivity index (χ2v) is 9.84. The summed E-state index contributed by atoms with van der Waals surface area (Å²) in [5, 5.41) is 3.04. The van der Waals surface area contributed by atoms with Crippen LogP contribution in [-0.4, -0.2) is 37.1 Å². The summed E-state index contributed by atoms with van der Waals surface area (Å²) >= 11 is 0. The molecule has 1 aliphatic rings. The van der Waals surface area contributed by atoms with Gasteiger partial charge in [0.2, 0.25) is 0 Å². The molecule has 1 saturated heterocycles. The molecule has 1 fully saturated rings. The fourth-order valence-corrected chi connectivity index (χ4v) is 4.76.